The van der Waals surface area contributed by atoms with Crippen LogP contribution in [0.25, 0.3) is 22.0 Å². The zero-order valence-corrected chi connectivity index (χ0v) is 18.8. The number of benzene rings is 2. The van der Waals surface area contributed by atoms with Gasteiger partial charge in [0.2, 0.25) is 5.91 Å². The first kappa shape index (κ1) is 21.7. The van der Waals surface area contributed by atoms with Gasteiger partial charge in [-0.25, -0.2) is 9.78 Å². The average molecular weight is 468 g/mol. The molecule has 0 saturated carbocycles. The zero-order chi connectivity index (χ0) is 22.8. The Morgan fingerprint density at radius 2 is 1.97 bits per heavy atom. The SMILES string of the molecule is COC(=O)c1c(-c2ccccc2Cl)csc1NC(=O)Cn1cnc2ccc(C)cc2c1=O. The molecule has 0 bridgehead atoms. The van der Waals surface area contributed by atoms with Gasteiger partial charge in [0.15, 0.2) is 0 Å². The van der Waals surface area contributed by atoms with Crippen LogP contribution < -0.4 is 10.9 Å². The Morgan fingerprint density at radius 1 is 1.19 bits per heavy atom. The van der Waals surface area contributed by atoms with Gasteiger partial charge in [0.1, 0.15) is 17.1 Å². The van der Waals surface area contributed by atoms with E-state index in [0.29, 0.717) is 32.1 Å². The fourth-order valence-electron chi connectivity index (χ4n) is 3.34. The average Bonchev–Trinajstić information content (AvgIpc) is 3.19. The number of ether oxygens (including phenoxy) is 1. The number of rotatable bonds is 5. The van der Waals surface area contributed by atoms with Gasteiger partial charge in [-0.15, -0.1) is 11.3 Å². The van der Waals surface area contributed by atoms with Crippen molar-refractivity contribution in [1.82, 2.24) is 9.55 Å². The Hall–Kier alpha value is -3.49. The Kier molecular flexibility index (Phi) is 6.07. The van der Waals surface area contributed by atoms with E-state index >= 15 is 0 Å². The van der Waals surface area contributed by atoms with Crippen LogP contribution in [-0.4, -0.2) is 28.5 Å². The van der Waals surface area contributed by atoms with Crippen molar-refractivity contribution in [2.75, 3.05) is 12.4 Å². The van der Waals surface area contributed by atoms with E-state index in [4.69, 9.17) is 16.3 Å². The molecule has 0 spiro atoms. The highest BCUT2D eigenvalue weighted by atomic mass is 35.5. The minimum Gasteiger partial charge on any atom is -0.465 e. The van der Waals surface area contributed by atoms with Gasteiger partial charge < -0.3 is 10.1 Å². The molecule has 2 heterocycles. The summed E-state index contributed by atoms with van der Waals surface area (Å²) in [5.74, 6) is -1.07. The summed E-state index contributed by atoms with van der Waals surface area (Å²) in [5, 5.41) is 5.67. The lowest BCUT2D eigenvalue weighted by Crippen LogP contribution is -2.28. The van der Waals surface area contributed by atoms with Crippen LogP contribution in [0.1, 0.15) is 15.9 Å². The minimum absolute atomic E-state index is 0.207. The molecule has 0 fully saturated rings. The van der Waals surface area contributed by atoms with E-state index in [0.717, 1.165) is 5.56 Å². The first-order valence-electron chi connectivity index (χ1n) is 9.59. The van der Waals surface area contributed by atoms with Crippen molar-refractivity contribution in [3.8, 4) is 11.1 Å². The molecule has 0 saturated heterocycles. The number of amides is 1. The summed E-state index contributed by atoms with van der Waals surface area (Å²) >= 11 is 7.47. The molecule has 2 aromatic heterocycles. The van der Waals surface area contributed by atoms with Crippen molar-refractivity contribution in [3.05, 3.63) is 80.7 Å². The maximum absolute atomic E-state index is 12.8. The summed E-state index contributed by atoms with van der Waals surface area (Å²) < 4.78 is 6.16. The van der Waals surface area contributed by atoms with Crippen LogP contribution in [0.3, 0.4) is 0 Å². The Morgan fingerprint density at radius 3 is 2.72 bits per heavy atom. The maximum atomic E-state index is 12.8. The highest BCUT2D eigenvalue weighted by molar-refractivity contribution is 7.15. The molecule has 0 radical (unpaired) electrons. The lowest BCUT2D eigenvalue weighted by molar-refractivity contribution is -0.116. The number of carbonyl (C=O) groups excluding carboxylic acids is 2. The van der Waals surface area contributed by atoms with Gasteiger partial charge in [0, 0.05) is 21.5 Å². The second-order valence-corrected chi connectivity index (χ2v) is 8.36. The predicted molar refractivity (Wildman–Crippen MR) is 125 cm³/mol. The monoisotopic (exact) mass is 467 g/mol. The molecule has 7 nitrogen and oxygen atoms in total. The third-order valence-electron chi connectivity index (χ3n) is 4.89. The second-order valence-electron chi connectivity index (χ2n) is 7.07. The fourth-order valence-corrected chi connectivity index (χ4v) is 4.54. The standard InChI is InChI=1S/C23H18ClN3O4S/c1-13-7-8-18-15(9-13)22(29)27(12-25-18)10-19(28)26-21-20(23(30)31-2)16(11-32-21)14-5-3-4-6-17(14)24/h3-9,11-12H,10H2,1-2H3,(H,26,28). The van der Waals surface area contributed by atoms with Crippen LogP contribution in [0.2, 0.25) is 5.02 Å². The Balaban J connectivity index is 1.65. The number of esters is 1. The number of thiophene rings is 1. The van der Waals surface area contributed by atoms with Gasteiger partial charge in [-0.1, -0.05) is 41.4 Å². The topological polar surface area (TPSA) is 90.3 Å². The molecule has 0 atom stereocenters. The summed E-state index contributed by atoms with van der Waals surface area (Å²) in [4.78, 5) is 42.3. The highest BCUT2D eigenvalue weighted by Gasteiger charge is 2.23. The third kappa shape index (κ3) is 4.15. The molecule has 9 heteroatoms. The molecule has 4 rings (SSSR count). The first-order chi connectivity index (χ1) is 15.4. The van der Waals surface area contributed by atoms with Crippen LogP contribution in [0.5, 0.6) is 0 Å². The van der Waals surface area contributed by atoms with E-state index in [1.54, 1.807) is 41.8 Å². The van der Waals surface area contributed by atoms with Gasteiger partial charge >= 0.3 is 5.97 Å². The predicted octanol–water partition coefficient (Wildman–Crippen LogP) is 4.51. The molecule has 4 aromatic rings. The molecule has 0 aliphatic heterocycles. The lowest BCUT2D eigenvalue weighted by Gasteiger charge is -2.10. The molecule has 0 aliphatic carbocycles. The molecular formula is C23H18ClN3O4S. The normalized spacial score (nSPS) is 10.8. The van der Waals surface area contributed by atoms with Gasteiger partial charge in [0.25, 0.3) is 5.56 Å². The maximum Gasteiger partial charge on any atom is 0.341 e. The van der Waals surface area contributed by atoms with Crippen molar-refractivity contribution in [3.63, 3.8) is 0 Å². The summed E-state index contributed by atoms with van der Waals surface area (Å²) in [5.41, 5.74) is 2.59. The lowest BCUT2D eigenvalue weighted by atomic mass is 10.0. The summed E-state index contributed by atoms with van der Waals surface area (Å²) in [6.45, 7) is 1.63. The quantitative estimate of drug-likeness (QED) is 0.436. The zero-order valence-electron chi connectivity index (χ0n) is 17.2. The van der Waals surface area contributed by atoms with Crippen molar-refractivity contribution >= 4 is 50.7 Å². The van der Waals surface area contributed by atoms with E-state index in [2.05, 4.69) is 10.3 Å². The van der Waals surface area contributed by atoms with Crippen LogP contribution in [-0.2, 0) is 16.1 Å². The number of hydrogen-bond acceptors (Lipinski definition) is 6. The van der Waals surface area contributed by atoms with Crippen molar-refractivity contribution in [1.29, 1.82) is 0 Å². The van der Waals surface area contributed by atoms with Crippen LogP contribution >= 0.6 is 22.9 Å². The summed E-state index contributed by atoms with van der Waals surface area (Å²) in [6, 6.07) is 12.5. The number of carbonyl (C=O) groups is 2. The van der Waals surface area contributed by atoms with Gasteiger partial charge in [0.05, 0.1) is 24.3 Å². The van der Waals surface area contributed by atoms with Crippen LogP contribution in [0.4, 0.5) is 5.00 Å². The molecule has 2 aromatic carbocycles. The van der Waals surface area contributed by atoms with Crippen LogP contribution in [0.15, 0.2) is 59.0 Å². The molecule has 1 N–H and O–H groups in total. The van der Waals surface area contributed by atoms with Gasteiger partial charge in [-0.3, -0.25) is 14.2 Å². The molecule has 32 heavy (non-hydrogen) atoms. The van der Waals surface area contributed by atoms with Crippen molar-refractivity contribution in [2.24, 2.45) is 0 Å². The Bertz CT molecular complexity index is 1410. The van der Waals surface area contributed by atoms with Gasteiger partial charge in [-0.2, -0.15) is 0 Å². The molecule has 0 aliphatic rings. The summed E-state index contributed by atoms with van der Waals surface area (Å²) in [7, 11) is 1.27. The second kappa shape index (κ2) is 8.94. The van der Waals surface area contributed by atoms with E-state index in [-0.39, 0.29) is 17.7 Å². The van der Waals surface area contributed by atoms with E-state index in [1.807, 2.05) is 13.0 Å². The number of nitrogens with one attached hydrogen (secondary N) is 1. The van der Waals surface area contributed by atoms with E-state index < -0.39 is 11.9 Å². The fraction of sp³-hybridized carbons (Fsp3) is 0.130. The minimum atomic E-state index is -0.600. The number of anilines is 1. The van der Waals surface area contributed by atoms with E-state index in [1.165, 1.54) is 29.3 Å². The highest BCUT2D eigenvalue weighted by Crippen LogP contribution is 2.39. The number of fused-ring (bicyclic) bond motifs is 1. The van der Waals surface area contributed by atoms with E-state index in [9.17, 15) is 14.4 Å². The number of aromatic nitrogens is 2. The van der Waals surface area contributed by atoms with Crippen molar-refractivity contribution in [2.45, 2.75) is 13.5 Å². The smallest absolute Gasteiger partial charge is 0.341 e. The van der Waals surface area contributed by atoms with Crippen molar-refractivity contribution < 1.29 is 14.3 Å². The Labute approximate surface area is 192 Å². The first-order valence-corrected chi connectivity index (χ1v) is 10.8. The number of methoxy groups -OCH3 is 1. The number of hydrogen-bond donors (Lipinski definition) is 1. The van der Waals surface area contributed by atoms with Crippen LogP contribution in [0, 0.1) is 6.92 Å². The third-order valence-corrected chi connectivity index (χ3v) is 6.12. The summed E-state index contributed by atoms with van der Waals surface area (Å²) in [6.07, 6.45) is 1.34. The molecular weight excluding hydrogens is 450 g/mol. The largest absolute Gasteiger partial charge is 0.465 e. The molecule has 1 amide bonds. The number of nitrogens with zero attached hydrogens (tertiary/aromatic N) is 2. The molecule has 0 unspecified atom stereocenters. The number of halogens is 1. The molecule has 162 valence electrons. The number of aryl methyl sites for hydroxylation is 1. The van der Waals surface area contributed by atoms with Gasteiger partial charge in [-0.05, 0) is 25.1 Å².